The van der Waals surface area contributed by atoms with Gasteiger partial charge in [-0.15, -0.1) is 0 Å². The third-order valence-electron chi connectivity index (χ3n) is 1.80. The molecule has 1 rings (SSSR count). The zero-order chi connectivity index (χ0) is 9.84. The molecule has 3 nitrogen and oxygen atoms in total. The van der Waals surface area contributed by atoms with Gasteiger partial charge in [-0.3, -0.25) is 4.79 Å². The van der Waals surface area contributed by atoms with Gasteiger partial charge in [-0.2, -0.15) is 5.90 Å². The van der Waals surface area contributed by atoms with Gasteiger partial charge in [-0.25, -0.2) is 0 Å². The van der Waals surface area contributed by atoms with Gasteiger partial charge in [0.05, 0.1) is 0 Å². The maximum Gasteiger partial charge on any atom is 0.165 e. The molecule has 0 saturated heterocycles. The van der Waals surface area contributed by atoms with Crippen LogP contribution in [0.4, 0.5) is 0 Å². The molecule has 0 aliphatic carbocycles. The Bertz CT molecular complexity index is 290. The van der Waals surface area contributed by atoms with Crippen molar-refractivity contribution in [1.82, 2.24) is 0 Å². The quantitative estimate of drug-likeness (QED) is 0.568. The van der Waals surface area contributed by atoms with E-state index in [1.54, 1.807) is 24.3 Å². The number of nitrogens with two attached hydrogens (primary N) is 1. The van der Waals surface area contributed by atoms with Gasteiger partial charge in [0.1, 0.15) is 5.75 Å². The third-order valence-corrected chi connectivity index (χ3v) is 1.80. The van der Waals surface area contributed by atoms with Crippen molar-refractivity contribution >= 4 is 5.78 Å². The average Bonchev–Trinajstić information content (AvgIpc) is 2.17. The van der Waals surface area contributed by atoms with E-state index in [0.29, 0.717) is 11.3 Å². The molecule has 3 heteroatoms. The number of ketones is 1. The standard InChI is InChI=1S/C10H13NO2/c1-7(2)10(12)8-3-5-9(13-11)6-4-8/h3-7H,11H2,1-2H3. The van der Waals surface area contributed by atoms with Crippen LogP contribution < -0.4 is 10.7 Å². The van der Waals surface area contributed by atoms with Gasteiger partial charge in [-0.05, 0) is 24.3 Å². The van der Waals surface area contributed by atoms with Crippen molar-refractivity contribution in [2.45, 2.75) is 13.8 Å². The molecule has 1 aromatic rings. The minimum Gasteiger partial charge on any atom is -0.412 e. The van der Waals surface area contributed by atoms with Crippen LogP contribution in [0, 0.1) is 5.92 Å². The minimum atomic E-state index is 0.0182. The molecule has 2 N–H and O–H groups in total. The molecule has 1 aromatic carbocycles. The van der Waals surface area contributed by atoms with Crippen LogP contribution in [0.3, 0.4) is 0 Å². The molecule has 0 aromatic heterocycles. The molecule has 0 fully saturated rings. The minimum absolute atomic E-state index is 0.0182. The molecule has 0 spiro atoms. The topological polar surface area (TPSA) is 52.3 Å². The molecule has 0 radical (unpaired) electrons. The molecule has 0 unspecified atom stereocenters. The van der Waals surface area contributed by atoms with Crippen LogP contribution in [0.5, 0.6) is 5.75 Å². The van der Waals surface area contributed by atoms with Crippen molar-refractivity contribution < 1.29 is 9.63 Å². The van der Waals surface area contributed by atoms with Crippen LogP contribution in [-0.4, -0.2) is 5.78 Å². The summed E-state index contributed by atoms with van der Waals surface area (Å²) in [5, 5.41) is 0. The molecular formula is C10H13NO2. The Balaban J connectivity index is 2.86. The molecule has 0 saturated carbocycles. The third kappa shape index (κ3) is 2.29. The number of Topliss-reactive ketones (excluding diaryl/α,β-unsaturated/α-hetero) is 1. The van der Waals surface area contributed by atoms with Gasteiger partial charge in [0, 0.05) is 11.5 Å². The molecule has 0 aliphatic rings. The Kier molecular flexibility index (Phi) is 3.03. The van der Waals surface area contributed by atoms with Crippen LogP contribution in [0.25, 0.3) is 0 Å². The lowest BCUT2D eigenvalue weighted by atomic mass is 10.0. The van der Waals surface area contributed by atoms with Crippen molar-refractivity contribution in [3.05, 3.63) is 29.8 Å². The van der Waals surface area contributed by atoms with E-state index in [-0.39, 0.29) is 11.7 Å². The predicted molar refractivity (Wildman–Crippen MR) is 50.4 cm³/mol. The second kappa shape index (κ2) is 4.05. The Hall–Kier alpha value is -1.35. The smallest absolute Gasteiger partial charge is 0.165 e. The van der Waals surface area contributed by atoms with E-state index in [1.807, 2.05) is 13.8 Å². The van der Waals surface area contributed by atoms with Gasteiger partial charge >= 0.3 is 0 Å². The number of carbonyl (C=O) groups is 1. The summed E-state index contributed by atoms with van der Waals surface area (Å²) in [5.41, 5.74) is 0.691. The Morgan fingerprint density at radius 2 is 1.85 bits per heavy atom. The molecule has 0 bridgehead atoms. The summed E-state index contributed by atoms with van der Waals surface area (Å²) >= 11 is 0. The summed E-state index contributed by atoms with van der Waals surface area (Å²) in [5.74, 6) is 5.65. The van der Waals surface area contributed by atoms with Crippen molar-refractivity contribution in [2.24, 2.45) is 11.8 Å². The number of hydrogen-bond acceptors (Lipinski definition) is 3. The first-order chi connectivity index (χ1) is 6.15. The molecule has 0 heterocycles. The highest BCUT2D eigenvalue weighted by Crippen LogP contribution is 2.13. The monoisotopic (exact) mass is 179 g/mol. The molecular weight excluding hydrogens is 166 g/mol. The zero-order valence-electron chi connectivity index (χ0n) is 7.78. The van der Waals surface area contributed by atoms with Crippen LogP contribution in [0.1, 0.15) is 24.2 Å². The number of carbonyl (C=O) groups excluding carboxylic acids is 1. The number of hydrogen-bond donors (Lipinski definition) is 1. The molecule has 70 valence electrons. The van der Waals surface area contributed by atoms with Crippen molar-refractivity contribution in [3.8, 4) is 5.75 Å². The highest BCUT2D eigenvalue weighted by molar-refractivity contribution is 5.97. The van der Waals surface area contributed by atoms with E-state index in [2.05, 4.69) is 4.84 Å². The van der Waals surface area contributed by atoms with Crippen LogP contribution in [0.2, 0.25) is 0 Å². The highest BCUT2D eigenvalue weighted by Gasteiger charge is 2.09. The van der Waals surface area contributed by atoms with Crippen molar-refractivity contribution in [3.63, 3.8) is 0 Å². The molecule has 13 heavy (non-hydrogen) atoms. The normalized spacial score (nSPS) is 10.2. The van der Waals surface area contributed by atoms with E-state index in [9.17, 15) is 4.79 Å². The molecule has 0 aliphatic heterocycles. The van der Waals surface area contributed by atoms with Crippen molar-refractivity contribution in [1.29, 1.82) is 0 Å². The predicted octanol–water partition coefficient (Wildman–Crippen LogP) is 1.78. The first-order valence-corrected chi connectivity index (χ1v) is 4.16. The first-order valence-electron chi connectivity index (χ1n) is 4.16. The lowest BCUT2D eigenvalue weighted by Gasteiger charge is -2.04. The van der Waals surface area contributed by atoms with Crippen LogP contribution in [0.15, 0.2) is 24.3 Å². The maximum absolute atomic E-state index is 11.5. The molecule has 0 amide bonds. The van der Waals surface area contributed by atoms with Crippen LogP contribution in [-0.2, 0) is 0 Å². The van der Waals surface area contributed by atoms with E-state index in [1.165, 1.54) is 0 Å². The van der Waals surface area contributed by atoms with Gasteiger partial charge in [0.25, 0.3) is 0 Å². The summed E-state index contributed by atoms with van der Waals surface area (Å²) in [7, 11) is 0. The van der Waals surface area contributed by atoms with Gasteiger partial charge in [0.15, 0.2) is 5.78 Å². The summed E-state index contributed by atoms with van der Waals surface area (Å²) < 4.78 is 0. The summed E-state index contributed by atoms with van der Waals surface area (Å²) in [4.78, 5) is 16.0. The van der Waals surface area contributed by atoms with E-state index in [0.717, 1.165) is 0 Å². The van der Waals surface area contributed by atoms with Gasteiger partial charge in [-0.1, -0.05) is 13.8 Å². The first kappa shape index (κ1) is 9.74. The lowest BCUT2D eigenvalue weighted by molar-refractivity contribution is 0.0939. The van der Waals surface area contributed by atoms with Gasteiger partial charge in [0.2, 0.25) is 0 Å². The maximum atomic E-state index is 11.5. The number of rotatable bonds is 3. The fourth-order valence-electron chi connectivity index (χ4n) is 1.03. The van der Waals surface area contributed by atoms with E-state index in [4.69, 9.17) is 5.90 Å². The van der Waals surface area contributed by atoms with E-state index < -0.39 is 0 Å². The Morgan fingerprint density at radius 1 is 1.31 bits per heavy atom. The summed E-state index contributed by atoms with van der Waals surface area (Å²) in [6.07, 6.45) is 0. The lowest BCUT2D eigenvalue weighted by Crippen LogP contribution is -2.07. The summed E-state index contributed by atoms with van der Waals surface area (Å²) in [6.45, 7) is 3.74. The fourth-order valence-corrected chi connectivity index (χ4v) is 1.03. The van der Waals surface area contributed by atoms with Gasteiger partial charge < -0.3 is 4.84 Å². The second-order valence-corrected chi connectivity index (χ2v) is 3.16. The van der Waals surface area contributed by atoms with Crippen LogP contribution >= 0.6 is 0 Å². The number of benzene rings is 1. The largest absolute Gasteiger partial charge is 0.412 e. The fraction of sp³-hybridized carbons (Fsp3) is 0.300. The second-order valence-electron chi connectivity index (χ2n) is 3.16. The van der Waals surface area contributed by atoms with E-state index >= 15 is 0 Å². The highest BCUT2D eigenvalue weighted by atomic mass is 16.6. The Morgan fingerprint density at radius 3 is 2.23 bits per heavy atom. The average molecular weight is 179 g/mol. The summed E-state index contributed by atoms with van der Waals surface area (Å²) in [6, 6.07) is 6.78. The zero-order valence-corrected chi connectivity index (χ0v) is 7.78. The molecule has 0 atom stereocenters. The van der Waals surface area contributed by atoms with Crippen molar-refractivity contribution in [2.75, 3.05) is 0 Å². The SMILES string of the molecule is CC(C)C(=O)c1ccc(ON)cc1. The Labute approximate surface area is 77.5 Å².